The monoisotopic (exact) mass is 195 g/mol. The summed E-state index contributed by atoms with van der Waals surface area (Å²) in [6.07, 6.45) is 0. The maximum atomic E-state index is 7.39. The number of nitrogens with one attached hydrogen (secondary N) is 1. The van der Waals surface area contributed by atoms with Crippen molar-refractivity contribution in [2.45, 2.75) is 11.8 Å². The molecule has 0 unspecified atom stereocenters. The van der Waals surface area contributed by atoms with Gasteiger partial charge in [-0.3, -0.25) is 5.41 Å². The lowest BCUT2D eigenvalue weighted by Gasteiger charge is -2.03. The van der Waals surface area contributed by atoms with Crippen LogP contribution in [0.5, 0.6) is 0 Å². The minimum atomic E-state index is 0.344. The highest BCUT2D eigenvalue weighted by atomic mass is 32.2. The quantitative estimate of drug-likeness (QED) is 0.455. The van der Waals surface area contributed by atoms with E-state index in [4.69, 9.17) is 10.1 Å². The first-order valence-electron chi connectivity index (χ1n) is 4.21. The number of benzene rings is 1. The van der Waals surface area contributed by atoms with Crippen molar-refractivity contribution in [3.05, 3.63) is 30.3 Å². The van der Waals surface area contributed by atoms with Gasteiger partial charge in [0.25, 0.3) is 0 Å². The summed E-state index contributed by atoms with van der Waals surface area (Å²) in [5, 5.41) is 7.39. The molecule has 0 atom stereocenters. The molecule has 0 amide bonds. The number of hydrogen-bond acceptors (Lipinski definition) is 3. The summed E-state index contributed by atoms with van der Waals surface area (Å²) in [6.45, 7) is 2.47. The maximum absolute atomic E-state index is 7.39. The lowest BCUT2D eigenvalue weighted by atomic mass is 10.4. The zero-order valence-corrected chi connectivity index (χ0v) is 8.43. The average molecular weight is 195 g/mol. The van der Waals surface area contributed by atoms with E-state index in [0.29, 0.717) is 18.3 Å². The van der Waals surface area contributed by atoms with Crippen molar-refractivity contribution in [2.24, 2.45) is 0 Å². The topological polar surface area (TPSA) is 33.1 Å². The molecule has 0 aromatic heterocycles. The Morgan fingerprint density at radius 3 is 2.69 bits per heavy atom. The SMILES string of the molecule is CCOC(=N)CSc1ccccc1. The van der Waals surface area contributed by atoms with Crippen molar-refractivity contribution >= 4 is 17.7 Å². The Bertz CT molecular complexity index is 261. The molecule has 0 bridgehead atoms. The molecule has 0 saturated heterocycles. The molecule has 0 fully saturated rings. The third kappa shape index (κ3) is 3.99. The first-order chi connectivity index (χ1) is 6.33. The summed E-state index contributed by atoms with van der Waals surface area (Å²) in [5.74, 6) is 0.953. The molecule has 1 N–H and O–H groups in total. The molecule has 0 radical (unpaired) electrons. The molecule has 0 aliphatic carbocycles. The van der Waals surface area contributed by atoms with Crippen LogP contribution >= 0.6 is 11.8 Å². The molecule has 0 heterocycles. The zero-order valence-electron chi connectivity index (χ0n) is 7.62. The van der Waals surface area contributed by atoms with Crippen LogP contribution in [-0.4, -0.2) is 18.3 Å². The van der Waals surface area contributed by atoms with Crippen molar-refractivity contribution in [1.29, 1.82) is 5.41 Å². The summed E-state index contributed by atoms with van der Waals surface area (Å²) in [7, 11) is 0. The predicted molar refractivity (Wildman–Crippen MR) is 56.5 cm³/mol. The molecular formula is C10H13NOS. The lowest BCUT2D eigenvalue weighted by molar-refractivity contribution is 0.322. The first-order valence-corrected chi connectivity index (χ1v) is 5.19. The summed E-state index contributed by atoms with van der Waals surface area (Å²) < 4.78 is 5.03. The number of thioether (sulfide) groups is 1. The number of ether oxygens (including phenoxy) is 1. The van der Waals surface area contributed by atoms with E-state index in [1.807, 2.05) is 37.3 Å². The molecule has 0 aliphatic heterocycles. The molecule has 3 heteroatoms. The van der Waals surface area contributed by atoms with Crippen LogP contribution in [0, 0.1) is 5.41 Å². The average Bonchev–Trinajstić information content (AvgIpc) is 2.17. The van der Waals surface area contributed by atoms with E-state index in [1.165, 1.54) is 4.90 Å². The molecule has 0 aliphatic rings. The van der Waals surface area contributed by atoms with Gasteiger partial charge in [0.1, 0.15) is 0 Å². The van der Waals surface area contributed by atoms with E-state index in [1.54, 1.807) is 11.8 Å². The second kappa shape index (κ2) is 5.65. The van der Waals surface area contributed by atoms with Gasteiger partial charge in [0.05, 0.1) is 12.4 Å². The molecule has 0 spiro atoms. The number of hydrogen-bond donors (Lipinski definition) is 1. The third-order valence-electron chi connectivity index (χ3n) is 1.43. The second-order valence-corrected chi connectivity index (χ2v) is 3.51. The zero-order chi connectivity index (χ0) is 9.52. The normalized spacial score (nSPS) is 9.62. The Balaban J connectivity index is 2.31. The molecule has 13 heavy (non-hydrogen) atoms. The van der Waals surface area contributed by atoms with Crippen molar-refractivity contribution < 1.29 is 4.74 Å². The van der Waals surface area contributed by atoms with Gasteiger partial charge < -0.3 is 4.74 Å². The summed E-state index contributed by atoms with van der Waals surface area (Å²) in [5.41, 5.74) is 0. The van der Waals surface area contributed by atoms with Crippen LogP contribution in [0.25, 0.3) is 0 Å². The fraction of sp³-hybridized carbons (Fsp3) is 0.300. The molecule has 1 aromatic rings. The van der Waals surface area contributed by atoms with Crippen LogP contribution in [-0.2, 0) is 4.74 Å². The van der Waals surface area contributed by atoms with Crippen LogP contribution in [0.2, 0.25) is 0 Å². The highest BCUT2D eigenvalue weighted by molar-refractivity contribution is 8.00. The van der Waals surface area contributed by atoms with Crippen molar-refractivity contribution in [3.63, 3.8) is 0 Å². The van der Waals surface area contributed by atoms with Gasteiger partial charge in [-0.1, -0.05) is 18.2 Å². The standard InChI is InChI=1S/C10H13NOS/c1-2-12-10(11)8-13-9-6-4-3-5-7-9/h3-7,11H,2,8H2,1H3. The Morgan fingerprint density at radius 2 is 2.08 bits per heavy atom. The molecule has 70 valence electrons. The van der Waals surface area contributed by atoms with Crippen LogP contribution in [0.3, 0.4) is 0 Å². The van der Waals surface area contributed by atoms with E-state index in [0.717, 1.165) is 0 Å². The first kappa shape index (κ1) is 10.1. The van der Waals surface area contributed by atoms with Crippen molar-refractivity contribution in [1.82, 2.24) is 0 Å². The summed E-state index contributed by atoms with van der Waals surface area (Å²) in [6, 6.07) is 10.0. The minimum absolute atomic E-state index is 0.344. The fourth-order valence-electron chi connectivity index (χ4n) is 0.881. The van der Waals surface area contributed by atoms with E-state index in [-0.39, 0.29) is 0 Å². The second-order valence-electron chi connectivity index (χ2n) is 2.46. The van der Waals surface area contributed by atoms with Crippen molar-refractivity contribution in [2.75, 3.05) is 12.4 Å². The Labute approximate surface area is 82.8 Å². The lowest BCUT2D eigenvalue weighted by Crippen LogP contribution is -2.05. The van der Waals surface area contributed by atoms with E-state index in [2.05, 4.69) is 0 Å². The Morgan fingerprint density at radius 1 is 1.38 bits per heavy atom. The smallest absolute Gasteiger partial charge is 0.190 e. The van der Waals surface area contributed by atoms with Gasteiger partial charge in [-0.15, -0.1) is 11.8 Å². The van der Waals surface area contributed by atoms with E-state index in [9.17, 15) is 0 Å². The van der Waals surface area contributed by atoms with Crippen LogP contribution in [0.4, 0.5) is 0 Å². The van der Waals surface area contributed by atoms with E-state index < -0.39 is 0 Å². The number of rotatable bonds is 4. The summed E-state index contributed by atoms with van der Waals surface area (Å²) >= 11 is 1.62. The van der Waals surface area contributed by atoms with Gasteiger partial charge in [-0.05, 0) is 19.1 Å². The Kier molecular flexibility index (Phi) is 4.40. The molecule has 2 nitrogen and oxygen atoms in total. The van der Waals surface area contributed by atoms with Gasteiger partial charge in [-0.25, -0.2) is 0 Å². The molecule has 1 aromatic carbocycles. The predicted octanol–water partition coefficient (Wildman–Crippen LogP) is 2.79. The van der Waals surface area contributed by atoms with Gasteiger partial charge in [0.15, 0.2) is 5.90 Å². The van der Waals surface area contributed by atoms with Gasteiger partial charge in [0, 0.05) is 4.90 Å². The molecular weight excluding hydrogens is 182 g/mol. The molecule has 0 saturated carbocycles. The fourth-order valence-corrected chi connectivity index (χ4v) is 1.61. The maximum Gasteiger partial charge on any atom is 0.190 e. The third-order valence-corrected chi connectivity index (χ3v) is 2.44. The van der Waals surface area contributed by atoms with Crippen LogP contribution in [0.15, 0.2) is 35.2 Å². The van der Waals surface area contributed by atoms with Crippen LogP contribution in [0.1, 0.15) is 6.92 Å². The highest BCUT2D eigenvalue weighted by Crippen LogP contribution is 2.16. The minimum Gasteiger partial charge on any atom is -0.481 e. The molecule has 1 rings (SSSR count). The Hall–Kier alpha value is -0.960. The van der Waals surface area contributed by atoms with Gasteiger partial charge in [0.2, 0.25) is 0 Å². The highest BCUT2D eigenvalue weighted by Gasteiger charge is 1.97. The van der Waals surface area contributed by atoms with E-state index >= 15 is 0 Å². The van der Waals surface area contributed by atoms with Crippen molar-refractivity contribution in [3.8, 4) is 0 Å². The van der Waals surface area contributed by atoms with Gasteiger partial charge >= 0.3 is 0 Å². The van der Waals surface area contributed by atoms with Gasteiger partial charge in [-0.2, -0.15) is 0 Å². The summed E-state index contributed by atoms with van der Waals surface area (Å²) in [4.78, 5) is 1.17. The largest absolute Gasteiger partial charge is 0.481 e. The van der Waals surface area contributed by atoms with Crippen LogP contribution < -0.4 is 0 Å².